The van der Waals surface area contributed by atoms with Gasteiger partial charge in [0.25, 0.3) is 11.8 Å². The lowest BCUT2D eigenvalue weighted by molar-refractivity contribution is -0.122. The van der Waals surface area contributed by atoms with Gasteiger partial charge in [-0.25, -0.2) is 4.68 Å². The van der Waals surface area contributed by atoms with Crippen molar-refractivity contribution in [1.82, 2.24) is 30.4 Å². The van der Waals surface area contributed by atoms with E-state index in [-0.39, 0.29) is 12.2 Å². The first-order valence-electron chi connectivity index (χ1n) is 8.62. The fourth-order valence-electron chi connectivity index (χ4n) is 2.73. The van der Waals surface area contributed by atoms with E-state index in [0.717, 1.165) is 11.4 Å². The van der Waals surface area contributed by atoms with Crippen molar-refractivity contribution in [3.05, 3.63) is 75.5 Å². The van der Waals surface area contributed by atoms with Gasteiger partial charge in [0.15, 0.2) is 5.69 Å². The van der Waals surface area contributed by atoms with E-state index in [9.17, 15) is 14.4 Å². The highest BCUT2D eigenvalue weighted by Crippen LogP contribution is 2.07. The van der Waals surface area contributed by atoms with Crippen LogP contribution in [0.2, 0.25) is 0 Å². The minimum Gasteiger partial charge on any atom is -0.287 e. The second kappa shape index (κ2) is 7.87. The zero-order valence-corrected chi connectivity index (χ0v) is 15.8. The number of aryl methyl sites for hydroxylation is 3. The van der Waals surface area contributed by atoms with E-state index in [1.54, 1.807) is 6.92 Å². The minimum absolute atomic E-state index is 0.0600. The SMILES string of the molecule is Cc1cc(C)n(CC(=O)NNC(=O)c2nn(-c3ccccc3)c(C)cc2=O)n1. The molecule has 0 fully saturated rings. The van der Waals surface area contributed by atoms with Gasteiger partial charge in [0.2, 0.25) is 5.43 Å². The van der Waals surface area contributed by atoms with Gasteiger partial charge in [0, 0.05) is 17.5 Å². The number of rotatable bonds is 4. The summed E-state index contributed by atoms with van der Waals surface area (Å²) in [5, 5.41) is 8.33. The number of aromatic nitrogens is 4. The van der Waals surface area contributed by atoms with Crippen molar-refractivity contribution in [2.24, 2.45) is 0 Å². The van der Waals surface area contributed by atoms with E-state index in [2.05, 4.69) is 21.0 Å². The molecule has 9 nitrogen and oxygen atoms in total. The summed E-state index contributed by atoms with van der Waals surface area (Å²) in [5.41, 5.74) is 6.57. The van der Waals surface area contributed by atoms with E-state index in [1.807, 2.05) is 50.2 Å². The van der Waals surface area contributed by atoms with Gasteiger partial charge < -0.3 is 0 Å². The van der Waals surface area contributed by atoms with Crippen molar-refractivity contribution >= 4 is 11.8 Å². The van der Waals surface area contributed by atoms with Crippen LogP contribution < -0.4 is 16.3 Å². The van der Waals surface area contributed by atoms with Crippen LogP contribution in [0.1, 0.15) is 27.6 Å². The predicted molar refractivity (Wildman–Crippen MR) is 102 cm³/mol. The Morgan fingerprint density at radius 1 is 0.964 bits per heavy atom. The van der Waals surface area contributed by atoms with Gasteiger partial charge in [0.05, 0.1) is 11.4 Å². The maximum atomic E-state index is 12.4. The summed E-state index contributed by atoms with van der Waals surface area (Å²) >= 11 is 0. The Labute approximate surface area is 161 Å². The van der Waals surface area contributed by atoms with E-state index in [1.165, 1.54) is 15.4 Å². The quantitative estimate of drug-likeness (QED) is 0.651. The van der Waals surface area contributed by atoms with Gasteiger partial charge in [-0.05, 0) is 39.0 Å². The summed E-state index contributed by atoms with van der Waals surface area (Å²) in [6, 6.07) is 12.3. The highest BCUT2D eigenvalue weighted by molar-refractivity contribution is 5.93. The van der Waals surface area contributed by atoms with Gasteiger partial charge in [-0.15, -0.1) is 0 Å². The molecule has 2 aromatic heterocycles. The smallest absolute Gasteiger partial charge is 0.287 e. The molecule has 28 heavy (non-hydrogen) atoms. The standard InChI is InChI=1S/C19H20N6O3/c1-12-9-13(2)24(22-12)11-17(27)20-21-19(28)18-16(26)10-14(3)25(23-18)15-7-5-4-6-8-15/h4-10H,11H2,1-3H3,(H,20,27)(H,21,28). The van der Waals surface area contributed by atoms with Crippen LogP contribution in [-0.4, -0.2) is 31.4 Å². The van der Waals surface area contributed by atoms with Crippen LogP contribution in [0.4, 0.5) is 0 Å². The van der Waals surface area contributed by atoms with E-state index in [0.29, 0.717) is 11.4 Å². The molecule has 0 saturated heterocycles. The molecule has 2 N–H and O–H groups in total. The summed E-state index contributed by atoms with van der Waals surface area (Å²) in [6.07, 6.45) is 0. The predicted octanol–water partition coefficient (Wildman–Crippen LogP) is 0.815. The fraction of sp³-hybridized carbons (Fsp3) is 0.211. The van der Waals surface area contributed by atoms with Crippen LogP contribution in [0.25, 0.3) is 5.69 Å². The molecule has 0 saturated carbocycles. The number of hydrazine groups is 1. The summed E-state index contributed by atoms with van der Waals surface area (Å²) in [4.78, 5) is 36.6. The molecule has 144 valence electrons. The van der Waals surface area contributed by atoms with Gasteiger partial charge in [-0.1, -0.05) is 18.2 Å². The summed E-state index contributed by atoms with van der Waals surface area (Å²) in [5.74, 6) is -1.27. The normalized spacial score (nSPS) is 10.5. The Bertz CT molecular complexity index is 1080. The zero-order valence-electron chi connectivity index (χ0n) is 15.8. The Hall–Kier alpha value is -3.75. The number of hydrogen-bond acceptors (Lipinski definition) is 5. The largest absolute Gasteiger partial charge is 0.294 e. The van der Waals surface area contributed by atoms with Gasteiger partial charge in [-0.3, -0.25) is 29.9 Å². The van der Waals surface area contributed by atoms with Gasteiger partial charge in [0.1, 0.15) is 6.54 Å². The Morgan fingerprint density at radius 3 is 2.32 bits per heavy atom. The number of carbonyl (C=O) groups excluding carboxylic acids is 2. The van der Waals surface area contributed by atoms with Crippen molar-refractivity contribution < 1.29 is 9.59 Å². The Balaban J connectivity index is 1.73. The first-order chi connectivity index (χ1) is 13.3. The van der Waals surface area contributed by atoms with Crippen molar-refractivity contribution in [3.8, 4) is 5.69 Å². The van der Waals surface area contributed by atoms with Crippen molar-refractivity contribution in [1.29, 1.82) is 0 Å². The van der Waals surface area contributed by atoms with E-state index in [4.69, 9.17) is 0 Å². The molecular formula is C19H20N6O3. The lowest BCUT2D eigenvalue weighted by Crippen LogP contribution is -2.45. The van der Waals surface area contributed by atoms with E-state index < -0.39 is 17.2 Å². The van der Waals surface area contributed by atoms with Crippen molar-refractivity contribution in [3.63, 3.8) is 0 Å². The van der Waals surface area contributed by atoms with Crippen molar-refractivity contribution in [2.45, 2.75) is 27.3 Å². The number of nitrogens with one attached hydrogen (secondary N) is 2. The molecular weight excluding hydrogens is 360 g/mol. The number of nitrogens with zero attached hydrogens (tertiary/aromatic N) is 4. The third kappa shape index (κ3) is 4.14. The Kier molecular flexibility index (Phi) is 5.35. The molecule has 0 aliphatic rings. The highest BCUT2D eigenvalue weighted by Gasteiger charge is 2.16. The number of amides is 2. The maximum Gasteiger partial charge on any atom is 0.294 e. The topological polar surface area (TPSA) is 111 Å². The zero-order chi connectivity index (χ0) is 20.3. The average molecular weight is 380 g/mol. The fourth-order valence-corrected chi connectivity index (χ4v) is 2.73. The molecule has 0 atom stereocenters. The second-order valence-electron chi connectivity index (χ2n) is 6.33. The summed E-state index contributed by atoms with van der Waals surface area (Å²) < 4.78 is 3.01. The molecule has 0 bridgehead atoms. The van der Waals surface area contributed by atoms with Crippen LogP contribution >= 0.6 is 0 Å². The monoisotopic (exact) mass is 380 g/mol. The summed E-state index contributed by atoms with van der Waals surface area (Å²) in [7, 11) is 0. The van der Waals surface area contributed by atoms with Gasteiger partial charge >= 0.3 is 0 Å². The van der Waals surface area contributed by atoms with Crippen LogP contribution in [-0.2, 0) is 11.3 Å². The minimum atomic E-state index is -0.795. The molecule has 0 spiro atoms. The molecule has 0 unspecified atom stereocenters. The lowest BCUT2D eigenvalue weighted by atomic mass is 10.3. The molecule has 0 aliphatic carbocycles. The number of carbonyl (C=O) groups is 2. The van der Waals surface area contributed by atoms with Crippen LogP contribution in [0, 0.1) is 20.8 Å². The first-order valence-corrected chi connectivity index (χ1v) is 8.62. The number of hydrogen-bond donors (Lipinski definition) is 2. The van der Waals surface area contributed by atoms with E-state index >= 15 is 0 Å². The molecule has 2 heterocycles. The molecule has 0 aliphatic heterocycles. The number of para-hydroxylation sites is 1. The molecule has 3 aromatic rings. The first kappa shape index (κ1) is 19.0. The molecule has 1 aromatic carbocycles. The average Bonchev–Trinajstić information content (AvgIpc) is 2.97. The molecule has 3 rings (SSSR count). The highest BCUT2D eigenvalue weighted by atomic mass is 16.2. The summed E-state index contributed by atoms with van der Waals surface area (Å²) in [6.45, 7) is 5.31. The van der Waals surface area contributed by atoms with Gasteiger partial charge in [-0.2, -0.15) is 10.2 Å². The molecule has 2 amide bonds. The molecule has 9 heteroatoms. The third-order valence-electron chi connectivity index (χ3n) is 4.04. The van der Waals surface area contributed by atoms with Crippen LogP contribution in [0.3, 0.4) is 0 Å². The van der Waals surface area contributed by atoms with Crippen molar-refractivity contribution in [2.75, 3.05) is 0 Å². The van der Waals surface area contributed by atoms with Crippen LogP contribution in [0.15, 0.2) is 47.3 Å². The lowest BCUT2D eigenvalue weighted by Gasteiger charge is -2.12. The second-order valence-corrected chi connectivity index (χ2v) is 6.33. The maximum absolute atomic E-state index is 12.4. The number of benzene rings is 1. The Morgan fingerprint density at radius 2 is 1.68 bits per heavy atom. The molecule has 0 radical (unpaired) electrons. The van der Waals surface area contributed by atoms with Crippen LogP contribution in [0.5, 0.6) is 0 Å². The third-order valence-corrected chi connectivity index (χ3v) is 4.04.